The van der Waals surface area contributed by atoms with Crippen LogP contribution in [-0.4, -0.2) is 20.2 Å². The van der Waals surface area contributed by atoms with Gasteiger partial charge in [0.15, 0.2) is 5.82 Å². The Labute approximate surface area is 91.3 Å². The Kier molecular flexibility index (Phi) is 2.79. The van der Waals surface area contributed by atoms with Gasteiger partial charge in [0.1, 0.15) is 10.6 Å². The van der Waals surface area contributed by atoms with E-state index in [1.54, 1.807) is 6.92 Å². The second kappa shape index (κ2) is 4.41. The first kappa shape index (κ1) is 10.1. The van der Waals surface area contributed by atoms with Crippen LogP contribution in [0.1, 0.15) is 13.1 Å². The van der Waals surface area contributed by atoms with Crippen molar-refractivity contribution in [2.45, 2.75) is 13.1 Å². The molecule has 1 heterocycles. The number of tetrazole rings is 1. The zero-order valence-electron chi connectivity index (χ0n) is 8.65. The molecular formula is C9H10N7+. The van der Waals surface area contributed by atoms with Gasteiger partial charge >= 0.3 is 0 Å². The zero-order chi connectivity index (χ0) is 11.4. The summed E-state index contributed by atoms with van der Waals surface area (Å²) in [6.45, 7) is 1.76. The van der Waals surface area contributed by atoms with E-state index in [2.05, 4.69) is 25.6 Å². The van der Waals surface area contributed by atoms with Gasteiger partial charge in [-0.3, -0.25) is 0 Å². The first-order valence-electron chi connectivity index (χ1n) is 4.73. The third-order valence-electron chi connectivity index (χ3n) is 2.10. The average Bonchev–Trinajstić information content (AvgIpc) is 2.79. The quantitative estimate of drug-likeness (QED) is 0.620. The first-order chi connectivity index (χ1) is 7.83. The SMILES string of the molecule is CC(N=[N+]=N)n1nnnc1-c1ccccc1. The Morgan fingerprint density at radius 3 is 2.81 bits per heavy atom. The van der Waals surface area contributed by atoms with E-state index in [0.717, 1.165) is 5.56 Å². The van der Waals surface area contributed by atoms with Crippen LogP contribution in [0.25, 0.3) is 11.4 Å². The van der Waals surface area contributed by atoms with Crippen LogP contribution in [0.3, 0.4) is 0 Å². The van der Waals surface area contributed by atoms with E-state index < -0.39 is 0 Å². The van der Waals surface area contributed by atoms with Crippen LogP contribution in [0.4, 0.5) is 0 Å². The van der Waals surface area contributed by atoms with Crippen LogP contribution in [-0.2, 0) is 0 Å². The maximum absolute atomic E-state index is 6.69. The maximum Gasteiger partial charge on any atom is 0.225 e. The first-order valence-corrected chi connectivity index (χ1v) is 4.73. The molecule has 0 radical (unpaired) electrons. The molecule has 1 unspecified atom stereocenters. The summed E-state index contributed by atoms with van der Waals surface area (Å²) in [6, 6.07) is 9.56. The number of hydrogen-bond donors (Lipinski definition) is 1. The fourth-order valence-corrected chi connectivity index (χ4v) is 1.36. The van der Waals surface area contributed by atoms with Gasteiger partial charge in [-0.05, 0) is 17.4 Å². The molecule has 0 bridgehead atoms. The van der Waals surface area contributed by atoms with E-state index >= 15 is 0 Å². The van der Waals surface area contributed by atoms with Crippen molar-refractivity contribution >= 4 is 0 Å². The van der Waals surface area contributed by atoms with E-state index in [4.69, 9.17) is 5.53 Å². The highest BCUT2D eigenvalue weighted by molar-refractivity contribution is 5.53. The number of nitrogens with one attached hydrogen (secondary N) is 1. The van der Waals surface area contributed by atoms with Gasteiger partial charge in [-0.1, -0.05) is 30.3 Å². The summed E-state index contributed by atoms with van der Waals surface area (Å²) in [4.78, 5) is 2.98. The number of nitrogens with zero attached hydrogens (tertiary/aromatic N) is 6. The highest BCUT2D eigenvalue weighted by Gasteiger charge is 2.16. The fraction of sp³-hybridized carbons (Fsp3) is 0.222. The molecule has 1 atom stereocenters. The molecule has 1 aromatic carbocycles. The molecule has 1 N–H and O–H groups in total. The second-order valence-electron chi connectivity index (χ2n) is 3.16. The third kappa shape index (κ3) is 1.84. The molecule has 7 nitrogen and oxygen atoms in total. The summed E-state index contributed by atoms with van der Waals surface area (Å²) >= 11 is 0. The Morgan fingerprint density at radius 1 is 1.38 bits per heavy atom. The summed E-state index contributed by atoms with van der Waals surface area (Å²) in [5, 5.41) is 15.0. The van der Waals surface area contributed by atoms with E-state index in [1.165, 1.54) is 4.68 Å². The van der Waals surface area contributed by atoms with Crippen LogP contribution in [0.15, 0.2) is 35.4 Å². The van der Waals surface area contributed by atoms with Gasteiger partial charge in [-0.2, -0.15) is 4.68 Å². The van der Waals surface area contributed by atoms with E-state index in [-0.39, 0.29) is 6.17 Å². The summed E-state index contributed by atoms with van der Waals surface area (Å²) in [5.74, 6) is 0.612. The smallest absolute Gasteiger partial charge is 0.193 e. The minimum Gasteiger partial charge on any atom is -0.193 e. The third-order valence-corrected chi connectivity index (χ3v) is 2.10. The lowest BCUT2D eigenvalue weighted by Gasteiger charge is -2.02. The summed E-state index contributed by atoms with van der Waals surface area (Å²) in [6.07, 6.45) is -0.386. The molecule has 0 fully saturated rings. The summed E-state index contributed by atoms with van der Waals surface area (Å²) < 4.78 is 1.52. The Bertz CT molecular complexity index is 512. The lowest BCUT2D eigenvalue weighted by atomic mass is 10.2. The topological polar surface area (TPSA) is 93.9 Å². The van der Waals surface area contributed by atoms with Crippen LogP contribution in [0, 0.1) is 5.53 Å². The molecule has 0 aliphatic carbocycles. The molecule has 0 aliphatic rings. The van der Waals surface area contributed by atoms with Crippen molar-refractivity contribution in [3.05, 3.63) is 30.3 Å². The van der Waals surface area contributed by atoms with Gasteiger partial charge in [0.25, 0.3) is 0 Å². The average molecular weight is 216 g/mol. The van der Waals surface area contributed by atoms with Gasteiger partial charge in [-0.15, -0.1) is 5.10 Å². The summed E-state index contributed by atoms with van der Waals surface area (Å²) in [5.41, 5.74) is 7.59. The lowest BCUT2D eigenvalue weighted by Crippen LogP contribution is -2.06. The van der Waals surface area contributed by atoms with Crippen LogP contribution in [0.2, 0.25) is 0 Å². The van der Waals surface area contributed by atoms with Crippen LogP contribution >= 0.6 is 0 Å². The number of aromatic nitrogens is 4. The van der Waals surface area contributed by atoms with Crippen molar-refractivity contribution in [1.29, 1.82) is 5.53 Å². The van der Waals surface area contributed by atoms with Gasteiger partial charge in [-0.25, -0.2) is 0 Å². The van der Waals surface area contributed by atoms with Crippen molar-refractivity contribution in [2.24, 2.45) is 5.11 Å². The minimum atomic E-state index is -0.386. The molecule has 0 saturated carbocycles. The minimum absolute atomic E-state index is 0.386. The fourth-order valence-electron chi connectivity index (χ4n) is 1.36. The summed E-state index contributed by atoms with van der Waals surface area (Å²) in [7, 11) is 0. The molecule has 2 rings (SSSR count). The zero-order valence-corrected chi connectivity index (χ0v) is 8.65. The van der Waals surface area contributed by atoms with Gasteiger partial charge in [0.2, 0.25) is 11.1 Å². The predicted octanol–water partition coefficient (Wildman–Crippen LogP) is 1.41. The lowest BCUT2D eigenvalue weighted by molar-refractivity contribution is 0.472. The second-order valence-corrected chi connectivity index (χ2v) is 3.16. The predicted molar refractivity (Wildman–Crippen MR) is 55.2 cm³/mol. The molecule has 0 saturated heterocycles. The molecule has 2 aromatic rings. The molecule has 0 aliphatic heterocycles. The van der Waals surface area contributed by atoms with Gasteiger partial charge in [0.05, 0.1) is 0 Å². The molecular weight excluding hydrogens is 206 g/mol. The monoisotopic (exact) mass is 216 g/mol. The van der Waals surface area contributed by atoms with Crippen molar-refractivity contribution in [3.8, 4) is 11.4 Å². The van der Waals surface area contributed by atoms with Crippen molar-refractivity contribution < 1.29 is 0 Å². The normalized spacial score (nSPS) is 11.8. The van der Waals surface area contributed by atoms with Crippen LogP contribution in [0.5, 0.6) is 0 Å². The molecule has 1 aromatic heterocycles. The van der Waals surface area contributed by atoms with Crippen molar-refractivity contribution in [1.82, 2.24) is 25.1 Å². The Balaban J connectivity index is 2.44. The highest BCUT2D eigenvalue weighted by Crippen LogP contribution is 2.18. The molecule has 7 heteroatoms. The highest BCUT2D eigenvalue weighted by atomic mass is 15.6. The molecule has 16 heavy (non-hydrogen) atoms. The standard InChI is InChI=1S/C9H10N7/c1-7(11-13-10)16-9(12-14-15-16)8-5-3-2-4-6-8/h2-7,10H,1H3/q+1. The molecule has 80 valence electrons. The number of rotatable bonds is 3. The Morgan fingerprint density at radius 2 is 2.12 bits per heavy atom. The van der Waals surface area contributed by atoms with Crippen molar-refractivity contribution in [2.75, 3.05) is 0 Å². The van der Waals surface area contributed by atoms with E-state index in [0.29, 0.717) is 5.82 Å². The van der Waals surface area contributed by atoms with E-state index in [9.17, 15) is 0 Å². The van der Waals surface area contributed by atoms with Gasteiger partial charge in [0, 0.05) is 5.56 Å². The van der Waals surface area contributed by atoms with Crippen molar-refractivity contribution in [3.63, 3.8) is 0 Å². The molecule has 0 amide bonds. The Hall–Kier alpha value is -2.40. The maximum atomic E-state index is 6.69. The largest absolute Gasteiger partial charge is 0.225 e. The van der Waals surface area contributed by atoms with E-state index in [1.807, 2.05) is 30.3 Å². The number of benzene rings is 1. The van der Waals surface area contributed by atoms with Gasteiger partial charge < -0.3 is 0 Å². The number of hydrogen-bond acceptors (Lipinski definition) is 5. The van der Waals surface area contributed by atoms with Crippen LogP contribution < -0.4 is 4.91 Å². The molecule has 0 spiro atoms.